The predicted molar refractivity (Wildman–Crippen MR) is 88.6 cm³/mol. The van der Waals surface area contributed by atoms with Gasteiger partial charge < -0.3 is 0 Å². The molecule has 22 heavy (non-hydrogen) atoms. The zero-order valence-electron chi connectivity index (χ0n) is 12.8. The number of hydrogen-bond donors (Lipinski definition) is 1. The Morgan fingerprint density at radius 3 is 2.95 bits per heavy atom. The van der Waals surface area contributed by atoms with Crippen LogP contribution in [-0.2, 0) is 14.8 Å². The van der Waals surface area contributed by atoms with Crippen molar-refractivity contribution in [3.8, 4) is 0 Å². The lowest BCUT2D eigenvalue weighted by Gasteiger charge is -2.30. The van der Waals surface area contributed by atoms with E-state index in [1.165, 1.54) is 9.18 Å². The minimum atomic E-state index is -3.23. The number of thiophene rings is 1. The van der Waals surface area contributed by atoms with Crippen molar-refractivity contribution in [1.29, 1.82) is 0 Å². The van der Waals surface area contributed by atoms with Crippen molar-refractivity contribution in [1.82, 2.24) is 9.73 Å². The average Bonchev–Trinajstić information content (AvgIpc) is 2.92. The van der Waals surface area contributed by atoms with Crippen LogP contribution in [0, 0.1) is 12.8 Å². The van der Waals surface area contributed by atoms with Crippen LogP contribution in [-0.4, -0.2) is 43.7 Å². The van der Waals surface area contributed by atoms with Gasteiger partial charge in [-0.3, -0.25) is 4.79 Å². The Labute approximate surface area is 135 Å². The molecule has 1 aromatic rings. The molecule has 122 valence electrons. The summed E-state index contributed by atoms with van der Waals surface area (Å²) in [5.41, 5.74) is 2.52. The van der Waals surface area contributed by atoms with Crippen LogP contribution < -0.4 is 5.43 Å². The molecule has 0 spiro atoms. The van der Waals surface area contributed by atoms with Crippen LogP contribution in [0.4, 0.5) is 0 Å². The molecule has 1 aromatic heterocycles. The molecule has 6 nitrogen and oxygen atoms in total. The Morgan fingerprint density at radius 2 is 2.32 bits per heavy atom. The monoisotopic (exact) mass is 343 g/mol. The van der Waals surface area contributed by atoms with Gasteiger partial charge in [0.2, 0.25) is 15.9 Å². The Balaban J connectivity index is 1.91. The van der Waals surface area contributed by atoms with Crippen molar-refractivity contribution >= 4 is 33.5 Å². The average molecular weight is 343 g/mol. The van der Waals surface area contributed by atoms with Crippen LogP contribution in [0.5, 0.6) is 0 Å². The molecule has 1 N–H and O–H groups in total. The molecular formula is C14H21N3O3S2. The third-order valence-corrected chi connectivity index (χ3v) is 6.42. The van der Waals surface area contributed by atoms with Crippen LogP contribution in [0.2, 0.25) is 0 Å². The summed E-state index contributed by atoms with van der Waals surface area (Å²) in [4.78, 5) is 14.3. The highest BCUT2D eigenvalue weighted by Crippen LogP contribution is 2.19. The first-order chi connectivity index (χ1) is 10.4. The third kappa shape index (κ3) is 4.37. The van der Waals surface area contributed by atoms with Crippen molar-refractivity contribution in [2.24, 2.45) is 11.0 Å². The molecule has 0 bridgehead atoms. The van der Waals surface area contributed by atoms with Crippen LogP contribution >= 0.6 is 11.3 Å². The Morgan fingerprint density at radius 1 is 1.55 bits per heavy atom. The summed E-state index contributed by atoms with van der Waals surface area (Å²) in [5, 5.41) is 3.96. The van der Waals surface area contributed by atoms with Gasteiger partial charge in [0.05, 0.1) is 17.9 Å². The maximum absolute atomic E-state index is 12.1. The number of sulfonamides is 1. The zero-order valence-corrected chi connectivity index (χ0v) is 14.4. The van der Waals surface area contributed by atoms with E-state index in [9.17, 15) is 13.2 Å². The molecule has 0 saturated carbocycles. The van der Waals surface area contributed by atoms with Crippen LogP contribution in [0.25, 0.3) is 0 Å². The number of carbonyl (C=O) groups excluding carboxylic acids is 1. The minimum Gasteiger partial charge on any atom is -0.273 e. The fraction of sp³-hybridized carbons (Fsp3) is 0.571. The van der Waals surface area contributed by atoms with Crippen LogP contribution in [0.15, 0.2) is 17.2 Å². The molecule has 1 amide bonds. The van der Waals surface area contributed by atoms with Gasteiger partial charge >= 0.3 is 0 Å². The number of rotatable bonds is 5. The van der Waals surface area contributed by atoms with E-state index in [0.717, 1.165) is 4.88 Å². The minimum absolute atomic E-state index is 0.0667. The summed E-state index contributed by atoms with van der Waals surface area (Å²) >= 11 is 1.59. The molecule has 1 aliphatic rings. The number of piperidine rings is 1. The summed E-state index contributed by atoms with van der Waals surface area (Å²) in [6.45, 7) is 4.37. The topological polar surface area (TPSA) is 78.8 Å². The lowest BCUT2D eigenvalue weighted by Crippen LogP contribution is -2.45. The number of aryl methyl sites for hydroxylation is 1. The maximum atomic E-state index is 12.1. The van der Waals surface area contributed by atoms with E-state index >= 15 is 0 Å². The molecule has 2 rings (SSSR count). The second-order valence-electron chi connectivity index (χ2n) is 5.28. The van der Waals surface area contributed by atoms with Gasteiger partial charge in [0.25, 0.3) is 0 Å². The number of amides is 1. The standard InChI is InChI=1S/C14H21N3O3S2/c1-3-22(19,20)17-8-4-5-12(10-17)14(18)16-15-9-13-7-6-11(2)21-13/h6-7,9,12H,3-5,8,10H2,1-2H3,(H,16,18)/b15-9-/t12-/m0/s1. The predicted octanol–water partition coefficient (Wildman–Crippen LogP) is 1.57. The smallest absolute Gasteiger partial charge is 0.244 e. The summed E-state index contributed by atoms with van der Waals surface area (Å²) in [6, 6.07) is 3.92. The summed E-state index contributed by atoms with van der Waals surface area (Å²) in [5.74, 6) is -0.491. The fourth-order valence-corrected chi connectivity index (χ4v) is 4.29. The number of nitrogens with one attached hydrogen (secondary N) is 1. The van der Waals surface area contributed by atoms with Gasteiger partial charge in [-0.15, -0.1) is 11.3 Å². The lowest BCUT2D eigenvalue weighted by atomic mass is 9.99. The zero-order chi connectivity index (χ0) is 16.2. The molecule has 1 fully saturated rings. The van der Waals surface area contributed by atoms with Crippen LogP contribution in [0.3, 0.4) is 0 Å². The lowest BCUT2D eigenvalue weighted by molar-refractivity contribution is -0.126. The van der Waals surface area contributed by atoms with E-state index in [4.69, 9.17) is 0 Å². The van der Waals surface area contributed by atoms with Gasteiger partial charge in [-0.25, -0.2) is 18.1 Å². The molecule has 0 aliphatic carbocycles. The number of carbonyl (C=O) groups is 1. The molecule has 0 radical (unpaired) electrons. The normalized spacial score (nSPS) is 20.4. The maximum Gasteiger partial charge on any atom is 0.244 e. The van der Waals surface area contributed by atoms with Gasteiger partial charge in [-0.05, 0) is 38.8 Å². The highest BCUT2D eigenvalue weighted by Gasteiger charge is 2.31. The van der Waals surface area contributed by atoms with Crippen molar-refractivity contribution < 1.29 is 13.2 Å². The van der Waals surface area contributed by atoms with Gasteiger partial charge in [-0.1, -0.05) is 0 Å². The number of hydrogen-bond acceptors (Lipinski definition) is 5. The Kier molecular flexibility index (Phi) is 5.71. The second-order valence-corrected chi connectivity index (χ2v) is 8.86. The highest BCUT2D eigenvalue weighted by atomic mass is 32.2. The number of nitrogens with zero attached hydrogens (tertiary/aromatic N) is 2. The highest BCUT2D eigenvalue weighted by molar-refractivity contribution is 7.89. The van der Waals surface area contributed by atoms with Gasteiger partial charge in [0.1, 0.15) is 0 Å². The molecule has 1 atom stereocenters. The van der Waals surface area contributed by atoms with Crippen molar-refractivity contribution in [2.45, 2.75) is 26.7 Å². The molecule has 8 heteroatoms. The SMILES string of the molecule is CCS(=O)(=O)N1CCC[C@H](C(=O)N/N=C\c2ccc(C)s2)C1. The largest absolute Gasteiger partial charge is 0.273 e. The number of hydrazone groups is 1. The first-order valence-corrected chi connectivity index (χ1v) is 9.72. The first-order valence-electron chi connectivity index (χ1n) is 7.29. The van der Waals surface area contributed by atoms with E-state index in [1.54, 1.807) is 24.5 Å². The van der Waals surface area contributed by atoms with Crippen molar-refractivity contribution in [3.05, 3.63) is 21.9 Å². The van der Waals surface area contributed by atoms with Gasteiger partial charge in [-0.2, -0.15) is 5.10 Å². The summed E-state index contributed by atoms with van der Waals surface area (Å²) in [6.07, 6.45) is 3.00. The van der Waals surface area contributed by atoms with Crippen molar-refractivity contribution in [2.75, 3.05) is 18.8 Å². The first kappa shape index (κ1) is 17.1. The summed E-state index contributed by atoms with van der Waals surface area (Å²) < 4.78 is 25.2. The van der Waals surface area contributed by atoms with Crippen LogP contribution in [0.1, 0.15) is 29.5 Å². The molecular weight excluding hydrogens is 322 g/mol. The fourth-order valence-electron chi connectivity index (χ4n) is 2.37. The molecule has 1 saturated heterocycles. The second kappa shape index (κ2) is 7.34. The molecule has 1 aliphatic heterocycles. The summed E-state index contributed by atoms with van der Waals surface area (Å²) in [7, 11) is -3.23. The van der Waals surface area contributed by atoms with E-state index in [2.05, 4.69) is 10.5 Å². The van der Waals surface area contributed by atoms with E-state index in [-0.39, 0.29) is 24.1 Å². The van der Waals surface area contributed by atoms with E-state index in [0.29, 0.717) is 19.4 Å². The van der Waals surface area contributed by atoms with E-state index in [1.807, 2.05) is 19.1 Å². The quantitative estimate of drug-likeness (QED) is 0.651. The molecule has 0 aromatic carbocycles. The van der Waals surface area contributed by atoms with Gasteiger partial charge in [0.15, 0.2) is 0 Å². The van der Waals surface area contributed by atoms with Gasteiger partial charge in [0, 0.05) is 22.8 Å². The third-order valence-electron chi connectivity index (χ3n) is 3.64. The van der Waals surface area contributed by atoms with Crippen molar-refractivity contribution in [3.63, 3.8) is 0 Å². The Bertz CT molecular complexity index is 652. The molecule has 0 unspecified atom stereocenters. The van der Waals surface area contributed by atoms with E-state index < -0.39 is 10.0 Å². The molecule has 2 heterocycles. The Hall–Kier alpha value is -1.25.